The van der Waals surface area contributed by atoms with Crippen LogP contribution in [0.5, 0.6) is 0 Å². The van der Waals surface area contributed by atoms with Gasteiger partial charge in [0.2, 0.25) is 0 Å². The lowest BCUT2D eigenvalue weighted by Gasteiger charge is -2.38. The lowest BCUT2D eigenvalue weighted by atomic mass is 9.76. The Balaban J connectivity index is 1.56. The number of aromatic amines is 1. The number of allylic oxidation sites excluding steroid dienone is 2. The third kappa shape index (κ3) is 3.02. The molecule has 5 nitrogen and oxygen atoms in total. The summed E-state index contributed by atoms with van der Waals surface area (Å²) in [5.74, 6) is 0.689. The third-order valence-electron chi connectivity index (χ3n) is 6.19. The van der Waals surface area contributed by atoms with Gasteiger partial charge < -0.3 is 20.4 Å². The Labute approximate surface area is 170 Å². The van der Waals surface area contributed by atoms with Gasteiger partial charge in [0.1, 0.15) is 0 Å². The SMILES string of the molecule is COCCNC(=O)c1cccc2c1NC(c1c[nH]c3ccccc13)C1CC=CC21. The fraction of sp³-hybridized carbons (Fsp3) is 0.292. The van der Waals surface area contributed by atoms with Gasteiger partial charge in [0.25, 0.3) is 5.91 Å². The zero-order valence-electron chi connectivity index (χ0n) is 16.4. The van der Waals surface area contributed by atoms with Crippen LogP contribution >= 0.6 is 0 Å². The maximum atomic E-state index is 12.9. The summed E-state index contributed by atoms with van der Waals surface area (Å²) in [4.78, 5) is 16.3. The van der Waals surface area contributed by atoms with Crippen molar-refractivity contribution in [1.29, 1.82) is 0 Å². The normalized spacial score (nSPS) is 22.2. The predicted molar refractivity (Wildman–Crippen MR) is 115 cm³/mol. The summed E-state index contributed by atoms with van der Waals surface area (Å²) >= 11 is 0. The molecule has 1 aliphatic heterocycles. The number of nitrogens with one attached hydrogen (secondary N) is 3. The summed E-state index contributed by atoms with van der Waals surface area (Å²) in [7, 11) is 1.64. The van der Waals surface area contributed by atoms with Crippen LogP contribution in [0.2, 0.25) is 0 Å². The van der Waals surface area contributed by atoms with E-state index in [2.05, 4.69) is 64.3 Å². The van der Waals surface area contributed by atoms with Crippen molar-refractivity contribution < 1.29 is 9.53 Å². The molecule has 3 N–H and O–H groups in total. The average Bonchev–Trinajstić information content (AvgIpc) is 3.40. The smallest absolute Gasteiger partial charge is 0.253 e. The number of amides is 1. The zero-order chi connectivity index (χ0) is 19.8. The fourth-order valence-electron chi connectivity index (χ4n) is 4.83. The summed E-state index contributed by atoms with van der Waals surface area (Å²) in [5, 5.41) is 7.95. The van der Waals surface area contributed by atoms with Crippen LogP contribution in [0.25, 0.3) is 10.9 Å². The van der Waals surface area contributed by atoms with Gasteiger partial charge in [-0.1, -0.05) is 42.5 Å². The van der Waals surface area contributed by atoms with Crippen LogP contribution in [0.15, 0.2) is 60.8 Å². The number of para-hydroxylation sites is 2. The second-order valence-electron chi connectivity index (χ2n) is 7.78. The number of H-pyrrole nitrogens is 1. The molecule has 2 aliphatic rings. The first kappa shape index (κ1) is 18.0. The first-order chi connectivity index (χ1) is 14.3. The van der Waals surface area contributed by atoms with Crippen LogP contribution in [0.1, 0.15) is 39.9 Å². The highest BCUT2D eigenvalue weighted by molar-refractivity contribution is 6.01. The fourth-order valence-corrected chi connectivity index (χ4v) is 4.83. The number of anilines is 1. The molecule has 3 atom stereocenters. The Hall–Kier alpha value is -3.05. The average molecular weight is 387 g/mol. The van der Waals surface area contributed by atoms with Crippen LogP contribution in [0.3, 0.4) is 0 Å². The molecular formula is C24H25N3O2. The number of fused-ring (bicyclic) bond motifs is 4. The van der Waals surface area contributed by atoms with E-state index in [0.717, 1.165) is 17.6 Å². The lowest BCUT2D eigenvalue weighted by molar-refractivity contribution is 0.0937. The van der Waals surface area contributed by atoms with E-state index < -0.39 is 0 Å². The molecule has 2 aromatic carbocycles. The number of methoxy groups -OCH3 is 1. The summed E-state index contributed by atoms with van der Waals surface area (Å²) in [6, 6.07) is 14.6. The Morgan fingerprint density at radius 1 is 1.17 bits per heavy atom. The molecule has 0 saturated heterocycles. The summed E-state index contributed by atoms with van der Waals surface area (Å²) in [6.07, 6.45) is 7.73. The van der Waals surface area contributed by atoms with Gasteiger partial charge in [-0.3, -0.25) is 4.79 Å². The number of carbonyl (C=O) groups excluding carboxylic acids is 1. The van der Waals surface area contributed by atoms with Crippen molar-refractivity contribution in [2.75, 3.05) is 25.6 Å². The molecule has 0 bridgehead atoms. The minimum absolute atomic E-state index is 0.0653. The van der Waals surface area contributed by atoms with Gasteiger partial charge in [-0.15, -0.1) is 0 Å². The lowest BCUT2D eigenvalue weighted by Crippen LogP contribution is -2.33. The van der Waals surface area contributed by atoms with Crippen LogP contribution in [0, 0.1) is 5.92 Å². The summed E-state index contributed by atoms with van der Waals surface area (Å²) in [5.41, 5.74) is 5.26. The standard InChI is InChI=1S/C24H25N3O2/c1-29-13-12-25-24(28)19-10-5-9-17-15-7-4-8-18(15)23(27-22(17)19)20-14-26-21-11-3-2-6-16(20)21/h2-7,9-11,14-15,18,23,26-27H,8,12-13H2,1H3,(H,25,28). The maximum absolute atomic E-state index is 12.9. The number of carbonyl (C=O) groups is 1. The number of rotatable bonds is 5. The second kappa shape index (κ2) is 7.41. The highest BCUT2D eigenvalue weighted by Gasteiger charge is 2.40. The Kier molecular flexibility index (Phi) is 4.60. The molecular weight excluding hydrogens is 362 g/mol. The van der Waals surface area contributed by atoms with Gasteiger partial charge in [0.05, 0.1) is 23.9 Å². The van der Waals surface area contributed by atoms with Crippen molar-refractivity contribution >= 4 is 22.5 Å². The first-order valence-corrected chi connectivity index (χ1v) is 10.2. The van der Waals surface area contributed by atoms with Gasteiger partial charge in [-0.05, 0) is 35.6 Å². The molecule has 3 aromatic rings. The molecule has 2 heterocycles. The van der Waals surface area contributed by atoms with Crippen molar-refractivity contribution in [3.8, 4) is 0 Å². The number of ether oxygens (including phenoxy) is 1. The Morgan fingerprint density at radius 3 is 2.97 bits per heavy atom. The summed E-state index contributed by atoms with van der Waals surface area (Å²) < 4.78 is 5.06. The van der Waals surface area contributed by atoms with Gasteiger partial charge in [0, 0.05) is 36.7 Å². The topological polar surface area (TPSA) is 66.2 Å². The number of hydrogen-bond donors (Lipinski definition) is 3. The van der Waals surface area contributed by atoms with Crippen molar-refractivity contribution in [2.45, 2.75) is 18.4 Å². The molecule has 148 valence electrons. The molecule has 0 spiro atoms. The van der Waals surface area contributed by atoms with Gasteiger partial charge in [-0.25, -0.2) is 0 Å². The van der Waals surface area contributed by atoms with Crippen molar-refractivity contribution in [3.63, 3.8) is 0 Å². The maximum Gasteiger partial charge on any atom is 0.253 e. The molecule has 1 aromatic heterocycles. The van der Waals surface area contributed by atoms with Crippen LogP contribution in [-0.2, 0) is 4.74 Å². The molecule has 3 unspecified atom stereocenters. The summed E-state index contributed by atoms with van der Waals surface area (Å²) in [6.45, 7) is 0.996. The molecule has 5 heteroatoms. The van der Waals surface area contributed by atoms with Gasteiger partial charge in [0.15, 0.2) is 0 Å². The highest BCUT2D eigenvalue weighted by Crippen LogP contribution is 2.51. The third-order valence-corrected chi connectivity index (χ3v) is 6.19. The second-order valence-corrected chi connectivity index (χ2v) is 7.78. The molecule has 29 heavy (non-hydrogen) atoms. The molecule has 0 saturated carbocycles. The highest BCUT2D eigenvalue weighted by atomic mass is 16.5. The first-order valence-electron chi connectivity index (χ1n) is 10.2. The van der Waals surface area contributed by atoms with Crippen LogP contribution in [0.4, 0.5) is 5.69 Å². The van der Waals surface area contributed by atoms with E-state index >= 15 is 0 Å². The van der Waals surface area contributed by atoms with E-state index in [-0.39, 0.29) is 11.9 Å². The van der Waals surface area contributed by atoms with E-state index in [9.17, 15) is 4.79 Å². The van der Waals surface area contributed by atoms with E-state index in [1.165, 1.54) is 16.5 Å². The molecule has 0 radical (unpaired) electrons. The number of hydrogen-bond acceptors (Lipinski definition) is 3. The minimum Gasteiger partial charge on any atom is -0.383 e. The van der Waals surface area contributed by atoms with Crippen LogP contribution in [-0.4, -0.2) is 31.2 Å². The quantitative estimate of drug-likeness (QED) is 0.450. The molecule has 1 amide bonds. The zero-order valence-corrected chi connectivity index (χ0v) is 16.4. The van der Waals surface area contributed by atoms with Gasteiger partial charge >= 0.3 is 0 Å². The van der Waals surface area contributed by atoms with Crippen LogP contribution < -0.4 is 10.6 Å². The van der Waals surface area contributed by atoms with Crippen molar-refractivity contribution in [2.24, 2.45) is 5.92 Å². The van der Waals surface area contributed by atoms with Gasteiger partial charge in [-0.2, -0.15) is 0 Å². The Bertz CT molecular complexity index is 1080. The molecule has 5 rings (SSSR count). The number of benzene rings is 2. The number of aromatic nitrogens is 1. The predicted octanol–water partition coefficient (Wildman–Crippen LogP) is 4.37. The van der Waals surface area contributed by atoms with E-state index in [1.54, 1.807) is 7.11 Å². The van der Waals surface area contributed by atoms with E-state index in [4.69, 9.17) is 4.74 Å². The van der Waals surface area contributed by atoms with E-state index in [1.807, 2.05) is 12.1 Å². The molecule has 0 fully saturated rings. The van der Waals surface area contributed by atoms with Crippen molar-refractivity contribution in [1.82, 2.24) is 10.3 Å². The Morgan fingerprint density at radius 2 is 2.07 bits per heavy atom. The molecule has 1 aliphatic carbocycles. The largest absolute Gasteiger partial charge is 0.383 e. The minimum atomic E-state index is -0.0653. The van der Waals surface area contributed by atoms with E-state index in [0.29, 0.717) is 30.6 Å². The van der Waals surface area contributed by atoms with Crippen molar-refractivity contribution in [3.05, 3.63) is 77.5 Å². The monoisotopic (exact) mass is 387 g/mol.